The fourth-order valence-electron chi connectivity index (χ4n) is 2.41. The molecule has 2 aromatic carbocycles. The number of halogens is 1. The first-order chi connectivity index (χ1) is 9.65. The van der Waals surface area contributed by atoms with E-state index in [0.29, 0.717) is 12.5 Å². The van der Waals surface area contributed by atoms with Crippen LogP contribution in [0.4, 0.5) is 4.39 Å². The molecule has 2 aromatic rings. The van der Waals surface area contributed by atoms with Crippen LogP contribution in [0, 0.1) is 5.82 Å². The highest BCUT2D eigenvalue weighted by Crippen LogP contribution is 2.27. The van der Waals surface area contributed by atoms with Crippen LogP contribution < -0.4 is 5.32 Å². The number of rotatable bonds is 5. The molecule has 2 rings (SSSR count). The Bertz CT molecular complexity index is 560. The molecule has 0 amide bonds. The summed E-state index contributed by atoms with van der Waals surface area (Å²) in [4.78, 5) is 0. The Balaban J connectivity index is 2.36. The van der Waals surface area contributed by atoms with Crippen molar-refractivity contribution in [2.75, 3.05) is 7.05 Å². The second-order valence-electron chi connectivity index (χ2n) is 5.26. The zero-order valence-electron chi connectivity index (χ0n) is 12.4. The number of hydrogen-bond acceptors (Lipinski definition) is 1. The standard InChI is InChI=1S/C18H22FN/c1-4-13(2)14-5-7-15(8-6-14)18-10-9-17(19)11-16(18)12-20-3/h5-11,13,20H,4,12H2,1-3H3. The van der Waals surface area contributed by atoms with Gasteiger partial charge in [0.05, 0.1) is 0 Å². The first-order valence-electron chi connectivity index (χ1n) is 7.19. The molecule has 1 N–H and O–H groups in total. The van der Waals surface area contributed by atoms with Crippen molar-refractivity contribution in [3.63, 3.8) is 0 Å². The van der Waals surface area contributed by atoms with Crippen molar-refractivity contribution in [3.8, 4) is 11.1 Å². The maximum atomic E-state index is 13.4. The van der Waals surface area contributed by atoms with Gasteiger partial charge in [-0.25, -0.2) is 4.39 Å². The Labute approximate surface area is 120 Å². The Morgan fingerprint density at radius 1 is 1.10 bits per heavy atom. The minimum Gasteiger partial charge on any atom is -0.316 e. The minimum atomic E-state index is -0.185. The van der Waals surface area contributed by atoms with Crippen LogP contribution in [0.5, 0.6) is 0 Å². The summed E-state index contributed by atoms with van der Waals surface area (Å²) < 4.78 is 13.4. The lowest BCUT2D eigenvalue weighted by atomic mass is 9.94. The molecule has 0 aliphatic rings. The van der Waals surface area contributed by atoms with Gasteiger partial charge in [-0.3, -0.25) is 0 Å². The van der Waals surface area contributed by atoms with Gasteiger partial charge >= 0.3 is 0 Å². The van der Waals surface area contributed by atoms with Crippen LogP contribution in [0.1, 0.15) is 37.3 Å². The molecule has 1 atom stereocenters. The summed E-state index contributed by atoms with van der Waals surface area (Å²) in [6.07, 6.45) is 1.14. The summed E-state index contributed by atoms with van der Waals surface area (Å²) in [7, 11) is 1.88. The molecule has 0 aromatic heterocycles. The van der Waals surface area contributed by atoms with Crippen LogP contribution in [0.2, 0.25) is 0 Å². The van der Waals surface area contributed by atoms with E-state index in [1.807, 2.05) is 13.1 Å². The summed E-state index contributed by atoms with van der Waals surface area (Å²) >= 11 is 0. The fraction of sp³-hybridized carbons (Fsp3) is 0.333. The second-order valence-corrected chi connectivity index (χ2v) is 5.26. The van der Waals surface area contributed by atoms with Crippen molar-refractivity contribution in [2.45, 2.75) is 32.7 Å². The summed E-state index contributed by atoms with van der Waals surface area (Å²) in [5.74, 6) is 0.393. The van der Waals surface area contributed by atoms with Crippen LogP contribution in [-0.4, -0.2) is 7.05 Å². The molecule has 0 spiro atoms. The van der Waals surface area contributed by atoms with Crippen LogP contribution in [-0.2, 0) is 6.54 Å². The van der Waals surface area contributed by atoms with Crippen molar-refractivity contribution in [1.29, 1.82) is 0 Å². The lowest BCUT2D eigenvalue weighted by molar-refractivity contribution is 0.624. The van der Waals surface area contributed by atoms with Gasteiger partial charge in [-0.05, 0) is 53.8 Å². The van der Waals surface area contributed by atoms with E-state index in [0.717, 1.165) is 23.1 Å². The zero-order chi connectivity index (χ0) is 14.5. The molecule has 20 heavy (non-hydrogen) atoms. The number of benzene rings is 2. The van der Waals surface area contributed by atoms with Crippen molar-refractivity contribution in [1.82, 2.24) is 5.32 Å². The van der Waals surface area contributed by atoms with Crippen LogP contribution in [0.3, 0.4) is 0 Å². The summed E-state index contributed by atoms with van der Waals surface area (Å²) in [6.45, 7) is 5.10. The van der Waals surface area contributed by atoms with Crippen LogP contribution >= 0.6 is 0 Å². The highest BCUT2D eigenvalue weighted by atomic mass is 19.1. The molecule has 0 fully saturated rings. The topological polar surface area (TPSA) is 12.0 Å². The summed E-state index contributed by atoms with van der Waals surface area (Å²) in [5, 5.41) is 3.09. The van der Waals surface area contributed by atoms with Gasteiger partial charge in [-0.15, -0.1) is 0 Å². The van der Waals surface area contributed by atoms with E-state index in [1.54, 1.807) is 6.07 Å². The third-order valence-electron chi connectivity index (χ3n) is 3.84. The SMILES string of the molecule is CCC(C)c1ccc(-c2ccc(F)cc2CNC)cc1. The normalized spacial score (nSPS) is 12.4. The molecule has 0 bridgehead atoms. The average Bonchev–Trinajstić information content (AvgIpc) is 2.47. The third-order valence-corrected chi connectivity index (χ3v) is 3.84. The molecule has 0 aliphatic heterocycles. The van der Waals surface area contributed by atoms with Crippen LogP contribution in [0.15, 0.2) is 42.5 Å². The van der Waals surface area contributed by atoms with E-state index < -0.39 is 0 Å². The molecular formula is C18H22FN. The van der Waals surface area contributed by atoms with Crippen molar-refractivity contribution < 1.29 is 4.39 Å². The lowest BCUT2D eigenvalue weighted by Gasteiger charge is -2.12. The molecule has 0 saturated carbocycles. The molecule has 2 heteroatoms. The smallest absolute Gasteiger partial charge is 0.123 e. The first-order valence-corrected chi connectivity index (χ1v) is 7.19. The third kappa shape index (κ3) is 3.26. The largest absolute Gasteiger partial charge is 0.316 e. The van der Waals surface area contributed by atoms with Crippen molar-refractivity contribution in [3.05, 3.63) is 59.4 Å². The zero-order valence-corrected chi connectivity index (χ0v) is 12.4. The highest BCUT2D eigenvalue weighted by Gasteiger charge is 2.08. The Morgan fingerprint density at radius 2 is 1.80 bits per heavy atom. The van der Waals surface area contributed by atoms with Gasteiger partial charge in [0.1, 0.15) is 5.82 Å². The minimum absolute atomic E-state index is 0.185. The van der Waals surface area contributed by atoms with Crippen molar-refractivity contribution in [2.24, 2.45) is 0 Å². The fourth-order valence-corrected chi connectivity index (χ4v) is 2.41. The van der Waals surface area contributed by atoms with E-state index in [-0.39, 0.29) is 5.82 Å². The molecule has 1 unspecified atom stereocenters. The Kier molecular flexibility index (Phi) is 4.91. The predicted octanol–water partition coefficient (Wildman–Crippen LogP) is 4.73. The summed E-state index contributed by atoms with van der Waals surface area (Å²) in [5.41, 5.74) is 4.58. The summed E-state index contributed by atoms with van der Waals surface area (Å²) in [6, 6.07) is 13.6. The van der Waals surface area contributed by atoms with Gasteiger partial charge in [-0.1, -0.05) is 44.2 Å². The monoisotopic (exact) mass is 271 g/mol. The molecule has 0 radical (unpaired) electrons. The van der Waals surface area contributed by atoms with Crippen LogP contribution in [0.25, 0.3) is 11.1 Å². The van der Waals surface area contributed by atoms with Gasteiger partial charge in [0.25, 0.3) is 0 Å². The van der Waals surface area contributed by atoms with E-state index in [2.05, 4.69) is 43.4 Å². The molecule has 0 aliphatic carbocycles. The Hall–Kier alpha value is -1.67. The van der Waals surface area contributed by atoms with Gasteiger partial charge < -0.3 is 5.32 Å². The number of hydrogen-bond donors (Lipinski definition) is 1. The molecule has 106 valence electrons. The van der Waals surface area contributed by atoms with E-state index in [1.165, 1.54) is 11.6 Å². The van der Waals surface area contributed by atoms with Gasteiger partial charge in [0, 0.05) is 6.54 Å². The lowest BCUT2D eigenvalue weighted by Crippen LogP contribution is -2.06. The van der Waals surface area contributed by atoms with E-state index in [9.17, 15) is 4.39 Å². The van der Waals surface area contributed by atoms with Gasteiger partial charge in [-0.2, -0.15) is 0 Å². The first kappa shape index (κ1) is 14.7. The Morgan fingerprint density at radius 3 is 2.40 bits per heavy atom. The van der Waals surface area contributed by atoms with Crippen molar-refractivity contribution >= 4 is 0 Å². The van der Waals surface area contributed by atoms with Gasteiger partial charge in [0.15, 0.2) is 0 Å². The molecule has 0 saturated heterocycles. The highest BCUT2D eigenvalue weighted by molar-refractivity contribution is 5.67. The second kappa shape index (κ2) is 6.67. The maximum absolute atomic E-state index is 13.4. The predicted molar refractivity (Wildman–Crippen MR) is 83.3 cm³/mol. The molecule has 1 nitrogen and oxygen atoms in total. The average molecular weight is 271 g/mol. The maximum Gasteiger partial charge on any atom is 0.123 e. The van der Waals surface area contributed by atoms with E-state index in [4.69, 9.17) is 0 Å². The van der Waals surface area contributed by atoms with E-state index >= 15 is 0 Å². The quantitative estimate of drug-likeness (QED) is 0.829. The van der Waals surface area contributed by atoms with Gasteiger partial charge in [0.2, 0.25) is 0 Å². The molecular weight excluding hydrogens is 249 g/mol. The number of nitrogens with one attached hydrogen (secondary N) is 1. The molecule has 0 heterocycles.